The maximum Gasteiger partial charge on any atom is 0.336 e. The molecule has 2 aromatic heterocycles. The van der Waals surface area contributed by atoms with E-state index < -0.39 is 8.07 Å². The third-order valence-corrected chi connectivity index (χ3v) is 17.8. The first-order valence-electron chi connectivity index (χ1n) is 18.8. The van der Waals surface area contributed by atoms with Gasteiger partial charge in [-0.2, -0.15) is 0 Å². The average Bonchev–Trinajstić information content (AvgIpc) is 3.82. The first kappa shape index (κ1) is 28.5. The van der Waals surface area contributed by atoms with Crippen LogP contribution in [0.3, 0.4) is 0 Å². The van der Waals surface area contributed by atoms with Crippen LogP contribution in [-0.2, 0) is 5.41 Å². The van der Waals surface area contributed by atoms with Crippen LogP contribution in [-0.4, -0.2) is 19.4 Å². The van der Waals surface area contributed by atoms with Crippen LogP contribution in [0.25, 0.3) is 55.2 Å². The van der Waals surface area contributed by atoms with E-state index in [1.807, 2.05) is 0 Å². The van der Waals surface area contributed by atoms with Gasteiger partial charge >= 0.3 is 6.85 Å². The Morgan fingerprint density at radius 2 is 1.21 bits per heavy atom. The van der Waals surface area contributed by atoms with Gasteiger partial charge in [0, 0.05) is 38.9 Å². The van der Waals surface area contributed by atoms with Gasteiger partial charge in [-0.05, 0) is 77.5 Å². The van der Waals surface area contributed by atoms with Gasteiger partial charge in [-0.1, -0.05) is 148 Å². The number of fused-ring (bicyclic) bond motifs is 18. The number of benzene rings is 7. The van der Waals surface area contributed by atoms with Crippen LogP contribution < -0.4 is 36.6 Å². The molecule has 9 aromatic rings. The fourth-order valence-electron chi connectivity index (χ4n) is 10.9. The summed E-state index contributed by atoms with van der Waals surface area (Å²) >= 11 is 0. The quantitative estimate of drug-likeness (QED) is 0.151. The molecule has 7 aromatic carbocycles. The predicted octanol–water partition coefficient (Wildman–Crippen LogP) is 7.93. The van der Waals surface area contributed by atoms with Crippen molar-refractivity contribution in [2.75, 3.05) is 4.90 Å². The minimum atomic E-state index is -2.74. The third-order valence-electron chi connectivity index (χ3n) is 12.9. The molecule has 4 aliphatic rings. The van der Waals surface area contributed by atoms with Crippen LogP contribution in [0, 0.1) is 0 Å². The molecule has 0 N–H and O–H groups in total. The van der Waals surface area contributed by atoms with Gasteiger partial charge in [0.25, 0.3) is 0 Å². The lowest BCUT2D eigenvalue weighted by molar-refractivity contribution is 0.590. The summed E-state index contributed by atoms with van der Waals surface area (Å²) < 4.78 is 9.52. The lowest BCUT2D eigenvalue weighted by atomic mass is 9.45. The number of nitrogens with zero attached hydrogens (tertiary/aromatic N) is 2. The Labute approximate surface area is 308 Å². The fourth-order valence-corrected chi connectivity index (χ4v) is 16.4. The Kier molecular flexibility index (Phi) is 5.01. The highest BCUT2D eigenvalue weighted by Crippen LogP contribution is 2.49. The molecule has 4 aliphatic heterocycles. The van der Waals surface area contributed by atoms with Gasteiger partial charge in [-0.25, -0.2) is 0 Å². The molecule has 0 atom stereocenters. The second-order valence-corrected chi connectivity index (χ2v) is 20.1. The van der Waals surface area contributed by atoms with Crippen LogP contribution in [0.4, 0.5) is 17.1 Å². The van der Waals surface area contributed by atoms with E-state index in [-0.39, 0.29) is 12.3 Å². The molecule has 248 valence electrons. The van der Waals surface area contributed by atoms with Crippen LogP contribution in [0.5, 0.6) is 0 Å². The molecule has 0 saturated carbocycles. The summed E-state index contributed by atoms with van der Waals surface area (Å²) in [5, 5.41) is 9.58. The van der Waals surface area contributed by atoms with Crippen molar-refractivity contribution in [2.45, 2.75) is 26.2 Å². The normalized spacial score (nSPS) is 15.2. The third kappa shape index (κ3) is 3.15. The second kappa shape index (κ2) is 9.30. The molecule has 6 heterocycles. The van der Waals surface area contributed by atoms with Crippen LogP contribution in [0.15, 0.2) is 150 Å². The number of para-hydroxylation sites is 4. The number of furan rings is 1. The van der Waals surface area contributed by atoms with Crippen molar-refractivity contribution in [3.63, 3.8) is 0 Å². The minimum Gasteiger partial charge on any atom is -0.441 e. The maximum atomic E-state index is 6.95. The van der Waals surface area contributed by atoms with Gasteiger partial charge in [-0.15, -0.1) is 0 Å². The predicted molar refractivity (Wildman–Crippen MR) is 225 cm³/mol. The summed E-state index contributed by atoms with van der Waals surface area (Å²) in [5.41, 5.74) is 16.5. The molecule has 0 bridgehead atoms. The number of aromatic nitrogens is 1. The van der Waals surface area contributed by atoms with E-state index in [2.05, 4.69) is 176 Å². The molecule has 0 amide bonds. The number of hydrogen-bond acceptors (Lipinski definition) is 2. The van der Waals surface area contributed by atoms with Crippen molar-refractivity contribution in [1.29, 1.82) is 0 Å². The molecule has 0 fully saturated rings. The average molecular weight is 693 g/mol. The summed E-state index contributed by atoms with van der Waals surface area (Å²) in [4.78, 5) is 2.66. The number of rotatable bonds is 0. The van der Waals surface area contributed by atoms with E-state index in [1.54, 1.807) is 0 Å². The molecule has 0 radical (unpaired) electrons. The highest BCUT2D eigenvalue weighted by molar-refractivity contribution is 7.24. The molecule has 5 heteroatoms. The van der Waals surface area contributed by atoms with Crippen LogP contribution >= 0.6 is 0 Å². The lowest BCUT2D eigenvalue weighted by Gasteiger charge is -2.49. The summed E-state index contributed by atoms with van der Waals surface area (Å²) in [5.74, 6) is 0. The second-order valence-electron chi connectivity index (χ2n) is 16.4. The Hall–Kier alpha value is -6.04. The highest BCUT2D eigenvalue weighted by atomic mass is 28.3. The van der Waals surface area contributed by atoms with Gasteiger partial charge in [-0.3, -0.25) is 0 Å². The standard InChI is InChI=1S/C48H33BN2OSi/c1-48(2,3)28-26-34-31-17-12-18-33-43-32-16-4-8-21-38(32)52-47(43)51(45(31)33)49-35-19-13-25-42-46(35)50(37(27-28)44(34)49)36-20-7-11-24-41(36)53(42)39-22-9-5-14-29(39)30-15-6-10-23-40(30)53/h4-27H,1-3H3. The van der Waals surface area contributed by atoms with Gasteiger partial charge in [0.1, 0.15) is 5.58 Å². The zero-order valence-corrected chi connectivity index (χ0v) is 30.7. The van der Waals surface area contributed by atoms with Gasteiger partial charge < -0.3 is 13.8 Å². The zero-order chi connectivity index (χ0) is 35.0. The SMILES string of the molecule is CC(C)(C)c1cc2c3c(c1)N1c4ccccc4[Si]4(c5ccccc5-c5ccccc54)c4cccc(c41)B3n1c3oc4ccccc4c3c3cccc-2c31. The fraction of sp³-hybridized carbons (Fsp3) is 0.0833. The Balaban J connectivity index is 1.25. The van der Waals surface area contributed by atoms with E-state index in [4.69, 9.17) is 4.42 Å². The summed E-state index contributed by atoms with van der Waals surface area (Å²) in [6.07, 6.45) is 0. The van der Waals surface area contributed by atoms with Crippen molar-refractivity contribution < 1.29 is 4.42 Å². The van der Waals surface area contributed by atoms with Gasteiger partial charge in [0.05, 0.1) is 5.39 Å². The van der Waals surface area contributed by atoms with Crippen molar-refractivity contribution >= 4 is 96.6 Å². The summed E-state index contributed by atoms with van der Waals surface area (Å²) in [6, 6.07) is 55.6. The van der Waals surface area contributed by atoms with Crippen molar-refractivity contribution in [1.82, 2.24) is 4.48 Å². The molecule has 13 rings (SSSR count). The van der Waals surface area contributed by atoms with Crippen LogP contribution in [0.1, 0.15) is 26.3 Å². The monoisotopic (exact) mass is 692 g/mol. The van der Waals surface area contributed by atoms with E-state index in [1.165, 1.54) is 98.2 Å². The Morgan fingerprint density at radius 1 is 0.566 bits per heavy atom. The van der Waals surface area contributed by atoms with Gasteiger partial charge in [0.15, 0.2) is 13.8 Å². The highest BCUT2D eigenvalue weighted by Gasteiger charge is 2.57. The van der Waals surface area contributed by atoms with E-state index in [0.29, 0.717) is 0 Å². The molecule has 3 nitrogen and oxygen atoms in total. The molecule has 0 saturated heterocycles. The van der Waals surface area contributed by atoms with E-state index in [9.17, 15) is 0 Å². The summed E-state index contributed by atoms with van der Waals surface area (Å²) in [6.45, 7) is 7.00. The largest absolute Gasteiger partial charge is 0.441 e. The van der Waals surface area contributed by atoms with E-state index in [0.717, 1.165) is 11.3 Å². The first-order chi connectivity index (χ1) is 26.0. The molecule has 0 unspecified atom stereocenters. The minimum absolute atomic E-state index is 0.0490. The van der Waals surface area contributed by atoms with E-state index >= 15 is 0 Å². The summed E-state index contributed by atoms with van der Waals surface area (Å²) in [7, 11) is -2.74. The Morgan fingerprint density at radius 3 is 2.00 bits per heavy atom. The van der Waals surface area contributed by atoms with Gasteiger partial charge in [0.2, 0.25) is 0 Å². The topological polar surface area (TPSA) is 21.3 Å². The molecular weight excluding hydrogens is 659 g/mol. The van der Waals surface area contributed by atoms with Crippen molar-refractivity contribution in [2.24, 2.45) is 0 Å². The van der Waals surface area contributed by atoms with Crippen molar-refractivity contribution in [3.05, 3.63) is 151 Å². The lowest BCUT2D eigenvalue weighted by Crippen LogP contribution is -2.77. The molecule has 0 aliphatic carbocycles. The van der Waals surface area contributed by atoms with Crippen LogP contribution in [0.2, 0.25) is 0 Å². The Bertz CT molecular complexity index is 3100. The molecular formula is C48H33BN2OSi. The van der Waals surface area contributed by atoms with Crippen molar-refractivity contribution in [3.8, 4) is 22.3 Å². The molecule has 53 heavy (non-hydrogen) atoms. The maximum absolute atomic E-state index is 6.95. The smallest absolute Gasteiger partial charge is 0.336 e. The first-order valence-corrected chi connectivity index (χ1v) is 20.8. The zero-order valence-electron chi connectivity index (χ0n) is 29.7. The number of hydrogen-bond donors (Lipinski definition) is 0. The molecule has 1 spiro atoms. The number of anilines is 3.